The highest BCUT2D eigenvalue weighted by Gasteiger charge is 2.04. The summed E-state index contributed by atoms with van der Waals surface area (Å²) in [5.41, 5.74) is 7.74. The summed E-state index contributed by atoms with van der Waals surface area (Å²) in [4.78, 5) is 0. The van der Waals surface area contributed by atoms with Crippen LogP contribution in [-0.2, 0) is 13.0 Å². The van der Waals surface area contributed by atoms with Crippen molar-refractivity contribution in [3.8, 4) is 0 Å². The molecule has 0 saturated carbocycles. The van der Waals surface area contributed by atoms with Gasteiger partial charge in [-0.2, -0.15) is 5.10 Å². The molecular formula is C12H14FN3. The van der Waals surface area contributed by atoms with E-state index < -0.39 is 0 Å². The van der Waals surface area contributed by atoms with Crippen LogP contribution < -0.4 is 5.73 Å². The summed E-state index contributed by atoms with van der Waals surface area (Å²) in [7, 11) is 0. The molecule has 0 spiro atoms. The van der Waals surface area contributed by atoms with Crippen molar-refractivity contribution >= 4 is 5.82 Å². The van der Waals surface area contributed by atoms with Gasteiger partial charge >= 0.3 is 0 Å². The number of nitrogens with two attached hydrogens (primary N) is 1. The molecule has 0 saturated heterocycles. The fourth-order valence-electron chi connectivity index (χ4n) is 1.66. The summed E-state index contributed by atoms with van der Waals surface area (Å²) in [5, 5.41) is 4.20. The highest BCUT2D eigenvalue weighted by molar-refractivity contribution is 5.30. The summed E-state index contributed by atoms with van der Waals surface area (Å²) in [6, 6.07) is 8.28. The lowest BCUT2D eigenvalue weighted by molar-refractivity contribution is 0.621. The molecule has 1 heterocycles. The molecule has 0 aliphatic carbocycles. The standard InChI is InChI=1S/C12H14FN3/c1-2-11-7-12(14)15-16(11)8-9-3-5-10(13)6-4-9/h3-7H,2,8H2,1H3,(H2,14,15). The molecule has 0 aliphatic rings. The predicted octanol–water partition coefficient (Wildman–Crippen LogP) is 2.22. The quantitative estimate of drug-likeness (QED) is 0.860. The lowest BCUT2D eigenvalue weighted by Gasteiger charge is -2.05. The molecule has 0 aliphatic heterocycles. The van der Waals surface area contributed by atoms with E-state index in [9.17, 15) is 4.39 Å². The minimum Gasteiger partial charge on any atom is -0.382 e. The molecule has 1 aromatic carbocycles. The van der Waals surface area contributed by atoms with Crippen LogP contribution in [0.15, 0.2) is 30.3 Å². The number of halogens is 1. The van der Waals surface area contributed by atoms with Crippen LogP contribution in [0.3, 0.4) is 0 Å². The maximum absolute atomic E-state index is 12.7. The molecular weight excluding hydrogens is 205 g/mol. The van der Waals surface area contributed by atoms with Gasteiger partial charge in [0.2, 0.25) is 0 Å². The summed E-state index contributed by atoms with van der Waals surface area (Å²) in [6.45, 7) is 2.68. The Morgan fingerprint density at radius 3 is 2.62 bits per heavy atom. The van der Waals surface area contributed by atoms with Gasteiger partial charge < -0.3 is 5.73 Å². The predicted molar refractivity (Wildman–Crippen MR) is 61.5 cm³/mol. The van der Waals surface area contributed by atoms with Gasteiger partial charge in [-0.25, -0.2) is 4.39 Å². The second kappa shape index (κ2) is 4.35. The smallest absolute Gasteiger partial charge is 0.145 e. The minimum atomic E-state index is -0.223. The van der Waals surface area contributed by atoms with Gasteiger partial charge in [0.05, 0.1) is 6.54 Å². The maximum atomic E-state index is 12.7. The lowest BCUT2D eigenvalue weighted by atomic mass is 10.2. The van der Waals surface area contributed by atoms with Crippen molar-refractivity contribution in [2.75, 3.05) is 5.73 Å². The van der Waals surface area contributed by atoms with E-state index in [1.165, 1.54) is 12.1 Å². The van der Waals surface area contributed by atoms with Gasteiger partial charge in [-0.1, -0.05) is 19.1 Å². The first kappa shape index (κ1) is 10.7. The fourth-order valence-corrected chi connectivity index (χ4v) is 1.66. The Morgan fingerprint density at radius 2 is 2.00 bits per heavy atom. The average molecular weight is 219 g/mol. The zero-order valence-corrected chi connectivity index (χ0v) is 9.15. The Balaban J connectivity index is 2.22. The third-order valence-corrected chi connectivity index (χ3v) is 2.49. The number of hydrogen-bond donors (Lipinski definition) is 1. The van der Waals surface area contributed by atoms with Gasteiger partial charge in [0.1, 0.15) is 11.6 Å². The van der Waals surface area contributed by atoms with Gasteiger partial charge in [0.15, 0.2) is 0 Å². The SMILES string of the molecule is CCc1cc(N)nn1Cc1ccc(F)cc1. The first-order chi connectivity index (χ1) is 7.69. The van der Waals surface area contributed by atoms with E-state index in [-0.39, 0.29) is 5.82 Å². The zero-order chi connectivity index (χ0) is 11.5. The second-order valence-electron chi connectivity index (χ2n) is 3.70. The summed E-state index contributed by atoms with van der Waals surface area (Å²) in [6.07, 6.45) is 0.880. The normalized spacial score (nSPS) is 10.6. The van der Waals surface area contributed by atoms with Crippen molar-refractivity contribution < 1.29 is 4.39 Å². The van der Waals surface area contributed by atoms with Crippen LogP contribution >= 0.6 is 0 Å². The number of nitrogen functional groups attached to an aromatic ring is 1. The number of rotatable bonds is 3. The van der Waals surface area contributed by atoms with Crippen molar-refractivity contribution in [3.05, 3.63) is 47.4 Å². The van der Waals surface area contributed by atoms with E-state index in [1.807, 2.05) is 10.7 Å². The largest absolute Gasteiger partial charge is 0.382 e. The first-order valence-electron chi connectivity index (χ1n) is 5.25. The Hall–Kier alpha value is -1.84. The second-order valence-corrected chi connectivity index (χ2v) is 3.70. The van der Waals surface area contributed by atoms with Crippen molar-refractivity contribution in [2.45, 2.75) is 19.9 Å². The number of aryl methyl sites for hydroxylation is 1. The van der Waals surface area contributed by atoms with Crippen molar-refractivity contribution in [1.29, 1.82) is 0 Å². The molecule has 84 valence electrons. The van der Waals surface area contributed by atoms with E-state index in [4.69, 9.17) is 5.73 Å². The fraction of sp³-hybridized carbons (Fsp3) is 0.250. The molecule has 16 heavy (non-hydrogen) atoms. The molecule has 0 radical (unpaired) electrons. The van der Waals surface area contributed by atoms with E-state index in [2.05, 4.69) is 12.0 Å². The van der Waals surface area contributed by atoms with Crippen LogP contribution in [0.5, 0.6) is 0 Å². The Labute approximate surface area is 93.7 Å². The molecule has 0 atom stereocenters. The van der Waals surface area contributed by atoms with Gasteiger partial charge in [-0.05, 0) is 24.1 Å². The van der Waals surface area contributed by atoms with Crippen LogP contribution in [0.25, 0.3) is 0 Å². The molecule has 0 amide bonds. The highest BCUT2D eigenvalue weighted by atomic mass is 19.1. The van der Waals surface area contributed by atoms with Crippen LogP contribution in [0.4, 0.5) is 10.2 Å². The topological polar surface area (TPSA) is 43.8 Å². The summed E-state index contributed by atoms with van der Waals surface area (Å²) >= 11 is 0. The molecule has 4 heteroatoms. The van der Waals surface area contributed by atoms with Crippen LogP contribution in [0.1, 0.15) is 18.2 Å². The third kappa shape index (κ3) is 2.21. The Bertz CT molecular complexity index is 474. The minimum absolute atomic E-state index is 0.223. The molecule has 0 unspecified atom stereocenters. The zero-order valence-electron chi connectivity index (χ0n) is 9.15. The van der Waals surface area contributed by atoms with E-state index >= 15 is 0 Å². The highest BCUT2D eigenvalue weighted by Crippen LogP contribution is 2.10. The van der Waals surface area contributed by atoms with Crippen LogP contribution in [0.2, 0.25) is 0 Å². The average Bonchev–Trinajstić information content (AvgIpc) is 2.62. The number of aromatic nitrogens is 2. The molecule has 2 N–H and O–H groups in total. The number of hydrogen-bond acceptors (Lipinski definition) is 2. The van der Waals surface area contributed by atoms with E-state index in [0.717, 1.165) is 17.7 Å². The van der Waals surface area contributed by atoms with Crippen LogP contribution in [-0.4, -0.2) is 9.78 Å². The van der Waals surface area contributed by atoms with Gasteiger partial charge in [0.25, 0.3) is 0 Å². The monoisotopic (exact) mass is 219 g/mol. The molecule has 3 nitrogen and oxygen atoms in total. The molecule has 0 fully saturated rings. The van der Waals surface area contributed by atoms with E-state index in [0.29, 0.717) is 12.4 Å². The van der Waals surface area contributed by atoms with Crippen molar-refractivity contribution in [2.24, 2.45) is 0 Å². The van der Waals surface area contributed by atoms with Gasteiger partial charge in [0, 0.05) is 11.8 Å². The number of nitrogens with zero attached hydrogens (tertiary/aromatic N) is 2. The number of anilines is 1. The van der Waals surface area contributed by atoms with Crippen molar-refractivity contribution in [3.63, 3.8) is 0 Å². The summed E-state index contributed by atoms with van der Waals surface area (Å²) in [5.74, 6) is 0.304. The molecule has 0 bridgehead atoms. The Morgan fingerprint density at radius 1 is 1.31 bits per heavy atom. The number of benzene rings is 1. The van der Waals surface area contributed by atoms with Gasteiger partial charge in [-0.15, -0.1) is 0 Å². The van der Waals surface area contributed by atoms with Crippen LogP contribution in [0, 0.1) is 5.82 Å². The third-order valence-electron chi connectivity index (χ3n) is 2.49. The molecule has 2 aromatic rings. The summed E-state index contributed by atoms with van der Waals surface area (Å²) < 4.78 is 14.6. The van der Waals surface area contributed by atoms with Crippen molar-refractivity contribution in [1.82, 2.24) is 9.78 Å². The van der Waals surface area contributed by atoms with E-state index in [1.54, 1.807) is 12.1 Å². The maximum Gasteiger partial charge on any atom is 0.145 e. The lowest BCUT2D eigenvalue weighted by Crippen LogP contribution is -2.05. The van der Waals surface area contributed by atoms with Gasteiger partial charge in [-0.3, -0.25) is 4.68 Å². The molecule has 1 aromatic heterocycles. The Kier molecular flexibility index (Phi) is 2.90. The first-order valence-corrected chi connectivity index (χ1v) is 5.25. The molecule has 2 rings (SSSR count).